The molecule has 31 heavy (non-hydrogen) atoms. The highest BCUT2D eigenvalue weighted by Crippen LogP contribution is 2.23. The summed E-state index contributed by atoms with van der Waals surface area (Å²) in [5.41, 5.74) is 1.20. The van der Waals surface area contributed by atoms with Crippen LogP contribution in [0.15, 0.2) is 54.6 Å². The number of carbonyl (C=O) groups excluding carboxylic acids is 4. The van der Waals surface area contributed by atoms with Crippen molar-refractivity contribution >= 4 is 23.7 Å². The van der Waals surface area contributed by atoms with Gasteiger partial charge in [-0.25, -0.2) is 9.59 Å². The Labute approximate surface area is 181 Å². The largest absolute Gasteiger partial charge is 0.452 e. The fourth-order valence-electron chi connectivity index (χ4n) is 3.63. The number of esters is 1. The molecule has 7 heteroatoms. The first-order valence-electron chi connectivity index (χ1n) is 10.4. The molecular formula is C24H26N2O5. The van der Waals surface area contributed by atoms with E-state index in [1.807, 2.05) is 6.07 Å². The van der Waals surface area contributed by atoms with Crippen molar-refractivity contribution in [3.05, 3.63) is 71.3 Å². The van der Waals surface area contributed by atoms with Crippen molar-refractivity contribution < 1.29 is 23.9 Å². The van der Waals surface area contributed by atoms with Gasteiger partial charge in [0, 0.05) is 17.2 Å². The third-order valence-electron chi connectivity index (χ3n) is 5.43. The van der Waals surface area contributed by atoms with Crippen LogP contribution in [0.5, 0.6) is 0 Å². The van der Waals surface area contributed by atoms with Crippen LogP contribution in [0.4, 0.5) is 4.79 Å². The summed E-state index contributed by atoms with van der Waals surface area (Å²) in [7, 11) is 0. The summed E-state index contributed by atoms with van der Waals surface area (Å²) in [6, 6.07) is 14.3. The summed E-state index contributed by atoms with van der Waals surface area (Å²) in [6.07, 6.45) is 4.14. The second-order valence-electron chi connectivity index (χ2n) is 7.74. The normalized spacial score (nSPS) is 18.0. The van der Waals surface area contributed by atoms with Gasteiger partial charge in [-0.3, -0.25) is 14.9 Å². The van der Waals surface area contributed by atoms with Crippen molar-refractivity contribution in [2.24, 2.45) is 5.92 Å². The van der Waals surface area contributed by atoms with E-state index in [0.717, 1.165) is 25.7 Å². The first-order chi connectivity index (χ1) is 14.9. The second-order valence-corrected chi connectivity index (χ2v) is 7.74. The number of ether oxygens (including phenoxy) is 1. The molecule has 0 bridgehead atoms. The van der Waals surface area contributed by atoms with Gasteiger partial charge < -0.3 is 10.1 Å². The summed E-state index contributed by atoms with van der Waals surface area (Å²) in [4.78, 5) is 48.5. The molecule has 3 amide bonds. The number of imide groups is 1. The molecule has 0 heterocycles. The fourth-order valence-corrected chi connectivity index (χ4v) is 3.63. The summed E-state index contributed by atoms with van der Waals surface area (Å²) in [5.74, 6) is -1.21. The molecule has 2 aromatic rings. The first-order valence-corrected chi connectivity index (χ1v) is 10.4. The van der Waals surface area contributed by atoms with Gasteiger partial charge in [0.25, 0.3) is 5.91 Å². The van der Waals surface area contributed by atoms with Gasteiger partial charge in [-0.05, 0) is 30.9 Å². The lowest BCUT2D eigenvalue weighted by atomic mass is 9.86. The molecule has 0 radical (unpaired) electrons. The number of nitrogens with one attached hydrogen (secondary N) is 2. The van der Waals surface area contributed by atoms with Crippen LogP contribution in [0.2, 0.25) is 0 Å². The molecule has 0 saturated heterocycles. The highest BCUT2D eigenvalue weighted by molar-refractivity contribution is 6.09. The lowest BCUT2D eigenvalue weighted by molar-refractivity contribution is -0.123. The van der Waals surface area contributed by atoms with Gasteiger partial charge in [-0.15, -0.1) is 0 Å². The van der Waals surface area contributed by atoms with Crippen LogP contribution < -0.4 is 10.6 Å². The summed E-state index contributed by atoms with van der Waals surface area (Å²) < 4.78 is 4.97. The Morgan fingerprint density at radius 3 is 2.16 bits per heavy atom. The maximum Gasteiger partial charge on any atom is 0.338 e. The molecule has 0 unspecified atom stereocenters. The fraction of sp³-hybridized carbons (Fsp3) is 0.333. The van der Waals surface area contributed by atoms with Crippen LogP contribution in [0.1, 0.15) is 58.9 Å². The molecular weight excluding hydrogens is 396 g/mol. The number of hydrogen-bond donors (Lipinski definition) is 2. The summed E-state index contributed by atoms with van der Waals surface area (Å²) in [5, 5.41) is 4.99. The molecule has 2 N–H and O–H groups in total. The maximum absolute atomic E-state index is 12.4. The van der Waals surface area contributed by atoms with E-state index in [4.69, 9.17) is 4.74 Å². The average Bonchev–Trinajstić information content (AvgIpc) is 2.79. The van der Waals surface area contributed by atoms with E-state index in [1.54, 1.807) is 24.3 Å². The zero-order valence-corrected chi connectivity index (χ0v) is 17.4. The van der Waals surface area contributed by atoms with Crippen molar-refractivity contribution in [3.8, 4) is 0 Å². The second kappa shape index (κ2) is 10.5. The zero-order valence-electron chi connectivity index (χ0n) is 17.4. The molecule has 2 atom stereocenters. The van der Waals surface area contributed by atoms with Gasteiger partial charge >= 0.3 is 12.0 Å². The lowest BCUT2D eigenvalue weighted by Crippen LogP contribution is -2.48. The number of hydrogen-bond acceptors (Lipinski definition) is 5. The lowest BCUT2D eigenvalue weighted by Gasteiger charge is -2.29. The predicted octanol–water partition coefficient (Wildman–Crippen LogP) is 3.48. The third kappa shape index (κ3) is 6.25. The van der Waals surface area contributed by atoms with Crippen molar-refractivity contribution in [2.75, 3.05) is 6.61 Å². The smallest absolute Gasteiger partial charge is 0.338 e. The topological polar surface area (TPSA) is 102 Å². The average molecular weight is 422 g/mol. The summed E-state index contributed by atoms with van der Waals surface area (Å²) >= 11 is 0. The van der Waals surface area contributed by atoms with Crippen molar-refractivity contribution in [2.45, 2.75) is 38.6 Å². The van der Waals surface area contributed by atoms with Gasteiger partial charge in [0.1, 0.15) is 0 Å². The van der Waals surface area contributed by atoms with E-state index in [9.17, 15) is 19.2 Å². The number of urea groups is 1. The Bertz CT molecular complexity index is 940. The van der Waals surface area contributed by atoms with E-state index in [1.165, 1.54) is 24.3 Å². The minimum atomic E-state index is -0.713. The van der Waals surface area contributed by atoms with Crippen molar-refractivity contribution in [1.82, 2.24) is 10.6 Å². The van der Waals surface area contributed by atoms with Gasteiger partial charge in [0.2, 0.25) is 0 Å². The Kier molecular flexibility index (Phi) is 7.54. The predicted molar refractivity (Wildman–Crippen MR) is 115 cm³/mol. The minimum Gasteiger partial charge on any atom is -0.452 e. The zero-order chi connectivity index (χ0) is 22.2. The van der Waals surface area contributed by atoms with Crippen molar-refractivity contribution in [1.29, 1.82) is 0 Å². The van der Waals surface area contributed by atoms with Crippen LogP contribution in [0.3, 0.4) is 0 Å². The van der Waals surface area contributed by atoms with Crippen LogP contribution in [0.25, 0.3) is 0 Å². The Morgan fingerprint density at radius 2 is 1.48 bits per heavy atom. The molecule has 2 aromatic carbocycles. The SMILES string of the molecule is C[C@H]1CCCC[C@H]1NC(=O)NC(=O)COC(=O)c1ccc(C(=O)c2ccccc2)cc1. The molecule has 7 nitrogen and oxygen atoms in total. The van der Waals surface area contributed by atoms with Gasteiger partial charge in [-0.1, -0.05) is 62.2 Å². The quantitative estimate of drug-likeness (QED) is 0.548. The Hall–Kier alpha value is -3.48. The number of carbonyl (C=O) groups is 4. The number of rotatable bonds is 6. The van der Waals surface area contributed by atoms with E-state index in [-0.39, 0.29) is 17.4 Å². The highest BCUT2D eigenvalue weighted by atomic mass is 16.5. The van der Waals surface area contributed by atoms with E-state index >= 15 is 0 Å². The molecule has 1 aliphatic carbocycles. The van der Waals surface area contributed by atoms with Crippen molar-refractivity contribution in [3.63, 3.8) is 0 Å². The number of amides is 3. The van der Waals surface area contributed by atoms with E-state index in [2.05, 4.69) is 17.6 Å². The molecule has 1 aliphatic rings. The van der Waals surface area contributed by atoms with E-state index < -0.39 is 24.5 Å². The van der Waals surface area contributed by atoms with E-state index in [0.29, 0.717) is 17.0 Å². The minimum absolute atomic E-state index is 0.0428. The molecule has 1 fully saturated rings. The number of ketones is 1. The Morgan fingerprint density at radius 1 is 0.871 bits per heavy atom. The third-order valence-corrected chi connectivity index (χ3v) is 5.43. The molecule has 0 aliphatic heterocycles. The maximum atomic E-state index is 12.4. The standard InChI is InChI=1S/C24H26N2O5/c1-16-7-5-6-10-20(16)25-24(30)26-21(27)15-31-23(29)19-13-11-18(12-14-19)22(28)17-8-3-2-4-9-17/h2-4,8-9,11-14,16,20H,5-7,10,15H2,1H3,(H2,25,26,27,30)/t16-,20+/m0/s1. The highest BCUT2D eigenvalue weighted by Gasteiger charge is 2.23. The first kappa shape index (κ1) is 22.2. The van der Waals surface area contributed by atoms with Crippen LogP contribution in [-0.4, -0.2) is 36.3 Å². The van der Waals surface area contributed by atoms with Crippen LogP contribution in [-0.2, 0) is 9.53 Å². The summed E-state index contributed by atoms with van der Waals surface area (Å²) in [6.45, 7) is 1.50. The molecule has 162 valence electrons. The van der Waals surface area contributed by atoms with Gasteiger partial charge in [0.15, 0.2) is 12.4 Å². The molecule has 0 spiro atoms. The Balaban J connectivity index is 1.46. The van der Waals surface area contributed by atoms with Gasteiger partial charge in [0.05, 0.1) is 5.56 Å². The monoisotopic (exact) mass is 422 g/mol. The molecule has 3 rings (SSSR count). The number of benzene rings is 2. The van der Waals surface area contributed by atoms with Crippen LogP contribution >= 0.6 is 0 Å². The van der Waals surface area contributed by atoms with Crippen LogP contribution in [0, 0.1) is 5.92 Å². The molecule has 1 saturated carbocycles. The molecule has 0 aromatic heterocycles. The van der Waals surface area contributed by atoms with Gasteiger partial charge in [-0.2, -0.15) is 0 Å².